The molecule has 0 aliphatic rings. The van der Waals surface area contributed by atoms with E-state index in [9.17, 15) is 4.79 Å². The van der Waals surface area contributed by atoms with E-state index < -0.39 is 11.7 Å². The van der Waals surface area contributed by atoms with Gasteiger partial charge in [0.1, 0.15) is 12.2 Å². The molecule has 5 heteroatoms. The maximum atomic E-state index is 12.7. The Kier molecular flexibility index (Phi) is 5.60. The number of terminal acetylenes is 1. The van der Waals surface area contributed by atoms with Crippen LogP contribution in [0.2, 0.25) is 0 Å². The molecule has 0 N–H and O–H groups in total. The molecule has 1 heterocycles. The molecule has 0 aliphatic carbocycles. The zero-order valence-corrected chi connectivity index (χ0v) is 16.3. The van der Waals surface area contributed by atoms with Gasteiger partial charge < -0.3 is 13.9 Å². The van der Waals surface area contributed by atoms with Gasteiger partial charge in [0.15, 0.2) is 11.3 Å². The fraction of sp³-hybridized carbons (Fsp3) is 0.261. The fourth-order valence-corrected chi connectivity index (χ4v) is 2.70. The van der Waals surface area contributed by atoms with Crippen LogP contribution in [-0.4, -0.2) is 18.2 Å². The largest absolute Gasteiger partial charge is 0.485 e. The van der Waals surface area contributed by atoms with Crippen molar-refractivity contribution < 1.29 is 18.7 Å². The maximum absolute atomic E-state index is 12.7. The van der Waals surface area contributed by atoms with Crippen LogP contribution >= 0.6 is 0 Å². The number of ether oxygens (including phenoxy) is 2. The number of carbonyl (C=O) groups is 1. The number of fused-ring (bicyclic) bond motifs is 1. The molecule has 0 saturated carbocycles. The number of benzene rings is 2. The first-order valence-electron chi connectivity index (χ1n) is 8.99. The van der Waals surface area contributed by atoms with Crippen LogP contribution in [0.25, 0.3) is 11.0 Å². The van der Waals surface area contributed by atoms with Crippen LogP contribution in [0.15, 0.2) is 59.2 Å². The number of furan rings is 1. The van der Waals surface area contributed by atoms with Gasteiger partial charge in [-0.15, -0.1) is 6.42 Å². The fourth-order valence-electron chi connectivity index (χ4n) is 2.70. The third-order valence-corrected chi connectivity index (χ3v) is 3.91. The highest BCUT2D eigenvalue weighted by atomic mass is 16.6. The van der Waals surface area contributed by atoms with E-state index in [4.69, 9.17) is 20.3 Å². The summed E-state index contributed by atoms with van der Waals surface area (Å²) in [6.07, 6.45) is 6.56. The van der Waals surface area contributed by atoms with Crippen molar-refractivity contribution in [3.8, 4) is 18.1 Å². The van der Waals surface area contributed by atoms with E-state index in [1.165, 1.54) is 4.90 Å². The summed E-state index contributed by atoms with van der Waals surface area (Å²) in [6, 6.07) is 15.2. The molecule has 0 saturated heterocycles. The highest BCUT2D eigenvalue weighted by Crippen LogP contribution is 2.33. The molecule has 3 rings (SSSR count). The SMILES string of the molecule is C#CCN(C(=O)OC(C)(C)C)c1cc(OCc2ccccc2)c2occc2c1. The van der Waals surface area contributed by atoms with Crippen LogP contribution in [0.5, 0.6) is 5.75 Å². The Morgan fingerprint density at radius 1 is 1.18 bits per heavy atom. The van der Waals surface area contributed by atoms with E-state index in [0.29, 0.717) is 23.6 Å². The molecule has 28 heavy (non-hydrogen) atoms. The van der Waals surface area contributed by atoms with Crippen molar-refractivity contribution in [2.24, 2.45) is 0 Å². The molecule has 3 aromatic rings. The Labute approximate surface area is 164 Å². The summed E-state index contributed by atoms with van der Waals surface area (Å²) in [5.74, 6) is 3.05. The second-order valence-corrected chi connectivity index (χ2v) is 7.33. The van der Waals surface area contributed by atoms with E-state index >= 15 is 0 Å². The lowest BCUT2D eigenvalue weighted by atomic mass is 10.2. The van der Waals surface area contributed by atoms with Gasteiger partial charge in [0, 0.05) is 11.5 Å². The number of amides is 1. The van der Waals surface area contributed by atoms with E-state index in [2.05, 4.69) is 5.92 Å². The lowest BCUT2D eigenvalue weighted by molar-refractivity contribution is 0.0585. The van der Waals surface area contributed by atoms with Gasteiger partial charge >= 0.3 is 6.09 Å². The predicted octanol–water partition coefficient (Wildman–Crippen LogP) is 5.39. The topological polar surface area (TPSA) is 51.9 Å². The molecule has 0 radical (unpaired) electrons. The van der Waals surface area contributed by atoms with Crippen molar-refractivity contribution in [1.82, 2.24) is 0 Å². The number of carbonyl (C=O) groups excluding carboxylic acids is 1. The Morgan fingerprint density at radius 3 is 2.61 bits per heavy atom. The average Bonchev–Trinajstić information content (AvgIpc) is 3.12. The lowest BCUT2D eigenvalue weighted by Gasteiger charge is -2.26. The van der Waals surface area contributed by atoms with E-state index in [-0.39, 0.29) is 6.54 Å². The minimum atomic E-state index is -0.629. The highest BCUT2D eigenvalue weighted by Gasteiger charge is 2.24. The molecular weight excluding hydrogens is 354 g/mol. The molecule has 144 valence electrons. The Bertz CT molecular complexity index is 993. The van der Waals surface area contributed by atoms with Gasteiger partial charge in [-0.25, -0.2) is 4.79 Å². The number of nitrogens with zero attached hydrogens (tertiary/aromatic N) is 1. The van der Waals surface area contributed by atoms with E-state index in [1.54, 1.807) is 12.3 Å². The molecule has 1 aromatic heterocycles. The zero-order valence-electron chi connectivity index (χ0n) is 16.3. The second kappa shape index (κ2) is 8.10. The Balaban J connectivity index is 1.93. The highest BCUT2D eigenvalue weighted by molar-refractivity contribution is 5.94. The lowest BCUT2D eigenvalue weighted by Crippen LogP contribution is -2.37. The third-order valence-electron chi connectivity index (χ3n) is 3.91. The van der Waals surface area contributed by atoms with E-state index in [0.717, 1.165) is 10.9 Å². The molecule has 0 atom stereocenters. The van der Waals surface area contributed by atoms with Gasteiger partial charge in [0.05, 0.1) is 18.5 Å². The van der Waals surface area contributed by atoms with Crippen LogP contribution in [0, 0.1) is 12.3 Å². The smallest absolute Gasteiger partial charge is 0.415 e. The van der Waals surface area contributed by atoms with Crippen molar-refractivity contribution >= 4 is 22.7 Å². The van der Waals surface area contributed by atoms with E-state index in [1.807, 2.05) is 63.2 Å². The third kappa shape index (κ3) is 4.66. The van der Waals surface area contributed by atoms with Crippen molar-refractivity contribution in [3.05, 3.63) is 60.4 Å². The summed E-state index contributed by atoms with van der Waals surface area (Å²) in [5, 5.41) is 0.811. The summed E-state index contributed by atoms with van der Waals surface area (Å²) in [6.45, 7) is 5.89. The number of hydrogen-bond donors (Lipinski definition) is 0. The molecule has 0 aliphatic heterocycles. The molecule has 0 bridgehead atoms. The van der Waals surface area contributed by atoms with Crippen LogP contribution in [-0.2, 0) is 11.3 Å². The monoisotopic (exact) mass is 377 g/mol. The quantitative estimate of drug-likeness (QED) is 0.560. The maximum Gasteiger partial charge on any atom is 0.415 e. The average molecular weight is 377 g/mol. The molecule has 1 amide bonds. The van der Waals surface area contributed by atoms with Crippen molar-refractivity contribution in [2.45, 2.75) is 33.0 Å². The normalized spacial score (nSPS) is 11.1. The molecule has 5 nitrogen and oxygen atoms in total. The molecule has 0 unspecified atom stereocenters. The Morgan fingerprint density at radius 2 is 1.93 bits per heavy atom. The van der Waals surface area contributed by atoms with Crippen molar-refractivity contribution in [3.63, 3.8) is 0 Å². The van der Waals surface area contributed by atoms with Crippen LogP contribution in [0.3, 0.4) is 0 Å². The van der Waals surface area contributed by atoms with Gasteiger partial charge in [-0.05, 0) is 38.5 Å². The Hall–Kier alpha value is -3.39. The van der Waals surface area contributed by atoms with Gasteiger partial charge in [-0.2, -0.15) is 0 Å². The summed E-state index contributed by atoms with van der Waals surface area (Å²) >= 11 is 0. The predicted molar refractivity (Wildman–Crippen MR) is 109 cm³/mol. The molecule has 0 spiro atoms. The number of rotatable bonds is 5. The first-order valence-corrected chi connectivity index (χ1v) is 8.99. The standard InChI is InChI=1S/C23H23NO4/c1-5-12-24(22(25)28-23(2,3)4)19-14-18-11-13-26-21(18)20(15-19)27-16-17-9-7-6-8-10-17/h1,6-11,13-15H,12,16H2,2-4H3. The summed E-state index contributed by atoms with van der Waals surface area (Å²) in [7, 11) is 0. The first kappa shape index (κ1) is 19.4. The van der Waals surface area contributed by atoms with Crippen molar-refractivity contribution in [1.29, 1.82) is 0 Å². The van der Waals surface area contributed by atoms with Gasteiger partial charge in [-0.3, -0.25) is 4.90 Å². The molecule has 2 aromatic carbocycles. The summed E-state index contributed by atoms with van der Waals surface area (Å²) < 4.78 is 17.1. The second-order valence-electron chi connectivity index (χ2n) is 7.33. The van der Waals surface area contributed by atoms with Gasteiger partial charge in [0.25, 0.3) is 0 Å². The molecular formula is C23H23NO4. The van der Waals surface area contributed by atoms with Gasteiger partial charge in [-0.1, -0.05) is 36.3 Å². The summed E-state index contributed by atoms with van der Waals surface area (Å²) in [5.41, 5.74) is 1.60. The molecule has 0 fully saturated rings. The van der Waals surface area contributed by atoms with Crippen LogP contribution in [0.1, 0.15) is 26.3 Å². The van der Waals surface area contributed by atoms with Crippen molar-refractivity contribution in [2.75, 3.05) is 11.4 Å². The zero-order chi connectivity index (χ0) is 20.1. The first-order chi connectivity index (χ1) is 13.4. The minimum absolute atomic E-state index is 0.0798. The number of hydrogen-bond acceptors (Lipinski definition) is 4. The summed E-state index contributed by atoms with van der Waals surface area (Å²) in [4.78, 5) is 14.1. The van der Waals surface area contributed by atoms with Crippen LogP contribution < -0.4 is 9.64 Å². The van der Waals surface area contributed by atoms with Crippen LogP contribution in [0.4, 0.5) is 10.5 Å². The number of anilines is 1. The van der Waals surface area contributed by atoms with Gasteiger partial charge in [0.2, 0.25) is 0 Å². The minimum Gasteiger partial charge on any atom is -0.485 e.